The van der Waals surface area contributed by atoms with Crippen molar-refractivity contribution in [2.45, 2.75) is 27.7 Å². The molecule has 1 aliphatic heterocycles. The van der Waals surface area contributed by atoms with Crippen LogP contribution in [0.15, 0.2) is 34.9 Å². The average molecular weight is 247 g/mol. The minimum Gasteiger partial charge on any atom is -0.470 e. The Hall–Kier alpha value is -2.02. The molecular formula is C14H17NO3. The summed E-state index contributed by atoms with van der Waals surface area (Å²) in [5.41, 5.74) is 0.539. The van der Waals surface area contributed by atoms with Crippen LogP contribution in [0.4, 0.5) is 0 Å². The molecule has 0 aliphatic carbocycles. The molecule has 4 nitrogen and oxygen atoms in total. The maximum atomic E-state index is 11.8. The summed E-state index contributed by atoms with van der Waals surface area (Å²) >= 11 is 0. The maximum absolute atomic E-state index is 11.8. The van der Waals surface area contributed by atoms with Gasteiger partial charge in [-0.1, -0.05) is 13.8 Å². The molecule has 0 bridgehead atoms. The van der Waals surface area contributed by atoms with E-state index >= 15 is 0 Å². The highest BCUT2D eigenvalue weighted by molar-refractivity contribution is 5.92. The molecule has 0 aromatic carbocycles. The number of allylic oxidation sites excluding steroid dienone is 5. The molecular weight excluding hydrogens is 230 g/mol. The minimum absolute atomic E-state index is 0.00218. The van der Waals surface area contributed by atoms with Crippen molar-refractivity contribution >= 4 is 5.97 Å². The lowest BCUT2D eigenvalue weighted by atomic mass is 10.1. The molecule has 18 heavy (non-hydrogen) atoms. The summed E-state index contributed by atoms with van der Waals surface area (Å²) in [7, 11) is 0. The summed E-state index contributed by atoms with van der Waals surface area (Å²) in [4.78, 5) is 15.1. The van der Waals surface area contributed by atoms with Crippen molar-refractivity contribution in [3.63, 3.8) is 0 Å². The molecule has 0 atom stereocenters. The topological polar surface area (TPSA) is 39.9 Å². The third kappa shape index (κ3) is 3.77. The van der Waals surface area contributed by atoms with E-state index in [0.29, 0.717) is 23.7 Å². The van der Waals surface area contributed by atoms with Crippen LogP contribution in [0.1, 0.15) is 27.7 Å². The summed E-state index contributed by atoms with van der Waals surface area (Å²) in [5, 5.41) is 0. The van der Waals surface area contributed by atoms with Gasteiger partial charge in [0.05, 0.1) is 24.7 Å². The highest BCUT2D eigenvalue weighted by Gasteiger charge is 2.18. The first-order valence-electron chi connectivity index (χ1n) is 5.77. The van der Waals surface area contributed by atoms with Crippen LogP contribution in [-0.2, 0) is 14.3 Å². The summed E-state index contributed by atoms with van der Waals surface area (Å²) in [5.74, 6) is 0.976. The molecule has 0 saturated heterocycles. The quantitative estimate of drug-likeness (QED) is 0.437. The zero-order valence-corrected chi connectivity index (χ0v) is 11.1. The Labute approximate surface area is 107 Å². The van der Waals surface area contributed by atoms with Crippen LogP contribution in [0.25, 0.3) is 4.85 Å². The van der Waals surface area contributed by atoms with Gasteiger partial charge < -0.3 is 9.47 Å². The van der Waals surface area contributed by atoms with E-state index < -0.39 is 5.97 Å². The second-order valence-electron chi connectivity index (χ2n) is 4.52. The van der Waals surface area contributed by atoms with E-state index in [4.69, 9.17) is 16.0 Å². The largest absolute Gasteiger partial charge is 0.470 e. The van der Waals surface area contributed by atoms with Crippen LogP contribution in [0.5, 0.6) is 0 Å². The molecule has 0 radical (unpaired) electrons. The third-order valence-corrected chi connectivity index (χ3v) is 2.17. The highest BCUT2D eigenvalue weighted by Crippen LogP contribution is 2.22. The molecule has 0 N–H and O–H groups in total. The van der Waals surface area contributed by atoms with E-state index in [9.17, 15) is 4.79 Å². The molecule has 0 spiro atoms. The smallest absolute Gasteiger partial charge is 0.336 e. The Morgan fingerprint density at radius 1 is 1.39 bits per heavy atom. The van der Waals surface area contributed by atoms with Crippen LogP contribution in [0.3, 0.4) is 0 Å². The molecule has 0 aromatic rings. The van der Waals surface area contributed by atoms with Crippen molar-refractivity contribution in [3.8, 4) is 0 Å². The number of hydrogen-bond donors (Lipinski definition) is 0. The number of hydrogen-bond acceptors (Lipinski definition) is 3. The summed E-state index contributed by atoms with van der Waals surface area (Å²) in [6.07, 6.45) is 3.33. The summed E-state index contributed by atoms with van der Waals surface area (Å²) < 4.78 is 10.4. The lowest BCUT2D eigenvalue weighted by molar-refractivity contribution is -0.139. The Balaban J connectivity index is 2.98. The maximum Gasteiger partial charge on any atom is 0.336 e. The first kappa shape index (κ1) is 14.0. The molecule has 0 unspecified atom stereocenters. The number of ether oxygens (including phenoxy) is 2. The third-order valence-electron chi connectivity index (χ3n) is 2.17. The molecule has 96 valence electrons. The van der Waals surface area contributed by atoms with E-state index in [1.807, 2.05) is 13.8 Å². The van der Waals surface area contributed by atoms with Crippen LogP contribution in [-0.4, -0.2) is 12.6 Å². The van der Waals surface area contributed by atoms with Gasteiger partial charge in [-0.05, 0) is 37.5 Å². The predicted octanol–water partition coefficient (Wildman–Crippen LogP) is 3.20. The Kier molecular flexibility index (Phi) is 4.73. The summed E-state index contributed by atoms with van der Waals surface area (Å²) in [6.45, 7) is 14.9. The summed E-state index contributed by atoms with van der Waals surface area (Å²) in [6, 6.07) is 0. The first-order chi connectivity index (χ1) is 8.43. The molecule has 4 heteroatoms. The SMILES string of the molecule is [C-]#[N+]C(C(=O)OCC(C)C)=C1C=C(C)OC(C)=C1. The molecule has 1 heterocycles. The van der Waals surface area contributed by atoms with Gasteiger partial charge in [-0.25, -0.2) is 4.85 Å². The van der Waals surface area contributed by atoms with Crippen molar-refractivity contribution in [2.75, 3.05) is 6.61 Å². The highest BCUT2D eigenvalue weighted by atomic mass is 16.5. The van der Waals surface area contributed by atoms with Crippen molar-refractivity contribution in [2.24, 2.45) is 5.92 Å². The predicted molar refractivity (Wildman–Crippen MR) is 68.0 cm³/mol. The fourth-order valence-corrected chi connectivity index (χ4v) is 1.47. The number of carbonyl (C=O) groups excluding carboxylic acids is 1. The Morgan fingerprint density at radius 2 is 1.94 bits per heavy atom. The average Bonchev–Trinajstić information content (AvgIpc) is 2.26. The molecule has 0 amide bonds. The second kappa shape index (κ2) is 6.06. The van der Waals surface area contributed by atoms with Crippen LogP contribution in [0.2, 0.25) is 0 Å². The van der Waals surface area contributed by atoms with Gasteiger partial charge in [0.15, 0.2) is 0 Å². The fourth-order valence-electron chi connectivity index (χ4n) is 1.47. The number of rotatable bonds is 3. The van der Waals surface area contributed by atoms with E-state index in [1.54, 1.807) is 26.0 Å². The van der Waals surface area contributed by atoms with Gasteiger partial charge in [0.2, 0.25) is 0 Å². The fraction of sp³-hybridized carbons (Fsp3) is 0.429. The molecule has 0 fully saturated rings. The molecule has 0 aromatic heterocycles. The minimum atomic E-state index is -0.580. The van der Waals surface area contributed by atoms with Gasteiger partial charge in [0.1, 0.15) is 0 Å². The van der Waals surface area contributed by atoms with E-state index in [1.165, 1.54) is 0 Å². The molecule has 1 rings (SSSR count). The van der Waals surface area contributed by atoms with Gasteiger partial charge in [-0.3, -0.25) is 4.79 Å². The van der Waals surface area contributed by atoms with Crippen molar-refractivity contribution in [1.82, 2.24) is 0 Å². The van der Waals surface area contributed by atoms with Crippen LogP contribution >= 0.6 is 0 Å². The number of nitrogens with zero attached hydrogens (tertiary/aromatic N) is 1. The Morgan fingerprint density at radius 3 is 2.39 bits per heavy atom. The van der Waals surface area contributed by atoms with Gasteiger partial charge in [0.25, 0.3) is 5.70 Å². The Bertz CT molecular complexity index is 456. The van der Waals surface area contributed by atoms with Crippen molar-refractivity contribution < 1.29 is 14.3 Å². The lowest BCUT2D eigenvalue weighted by Gasteiger charge is -2.14. The van der Waals surface area contributed by atoms with Gasteiger partial charge >= 0.3 is 5.97 Å². The van der Waals surface area contributed by atoms with Crippen LogP contribution < -0.4 is 0 Å². The van der Waals surface area contributed by atoms with E-state index in [2.05, 4.69) is 4.85 Å². The van der Waals surface area contributed by atoms with Crippen LogP contribution in [0, 0.1) is 12.5 Å². The molecule has 0 saturated carbocycles. The van der Waals surface area contributed by atoms with E-state index in [-0.39, 0.29) is 11.6 Å². The standard InChI is InChI=1S/C14H17NO3/c1-9(2)8-17-14(16)13(15-5)12-6-10(3)18-11(4)7-12/h6-7,9H,8H2,1-4H3. The van der Waals surface area contributed by atoms with Crippen molar-refractivity contribution in [3.05, 3.63) is 46.4 Å². The first-order valence-corrected chi connectivity index (χ1v) is 5.77. The van der Waals surface area contributed by atoms with E-state index in [0.717, 1.165) is 0 Å². The lowest BCUT2D eigenvalue weighted by Crippen LogP contribution is -2.12. The van der Waals surface area contributed by atoms with Gasteiger partial charge in [-0.2, -0.15) is 0 Å². The zero-order chi connectivity index (χ0) is 13.7. The number of carbonyl (C=O) groups is 1. The van der Waals surface area contributed by atoms with Crippen molar-refractivity contribution in [1.29, 1.82) is 0 Å². The zero-order valence-electron chi connectivity index (χ0n) is 11.1. The van der Waals surface area contributed by atoms with Gasteiger partial charge in [-0.15, -0.1) is 0 Å². The normalized spacial score (nSPS) is 14.3. The molecule has 1 aliphatic rings. The monoisotopic (exact) mass is 247 g/mol. The second-order valence-corrected chi connectivity index (χ2v) is 4.52. The van der Waals surface area contributed by atoms with Gasteiger partial charge in [0, 0.05) is 0 Å². The number of esters is 1.